The molecule has 1 heterocycles. The lowest BCUT2D eigenvalue weighted by Gasteiger charge is -2.26. The van der Waals surface area contributed by atoms with Crippen molar-refractivity contribution in [2.75, 3.05) is 39.5 Å². The highest BCUT2D eigenvalue weighted by atomic mass is 16.7. The Morgan fingerprint density at radius 1 is 1.00 bits per heavy atom. The molecule has 0 aliphatic carbocycles. The molecule has 1 saturated heterocycles. The molecule has 0 unspecified atom stereocenters. The summed E-state index contributed by atoms with van der Waals surface area (Å²) < 4.78 is 5.32. The molecule has 1 aliphatic heterocycles. The highest BCUT2D eigenvalue weighted by Crippen LogP contribution is 2.27. The predicted molar refractivity (Wildman–Crippen MR) is 101 cm³/mol. The van der Waals surface area contributed by atoms with Gasteiger partial charge in [-0.3, -0.25) is 14.5 Å². The van der Waals surface area contributed by atoms with Crippen LogP contribution < -0.4 is 5.48 Å². The molecule has 0 atom stereocenters. The first-order chi connectivity index (χ1) is 12.8. The lowest BCUT2D eigenvalue weighted by Crippen LogP contribution is -2.39. The van der Waals surface area contributed by atoms with E-state index in [1.165, 1.54) is 0 Å². The molecule has 138 valence electrons. The van der Waals surface area contributed by atoms with E-state index >= 15 is 0 Å². The van der Waals surface area contributed by atoms with Gasteiger partial charge in [-0.25, -0.2) is 5.48 Å². The van der Waals surface area contributed by atoms with Crippen molar-refractivity contribution in [1.82, 2.24) is 10.4 Å². The molecule has 3 rings (SSSR count). The molecule has 0 aromatic heterocycles. The van der Waals surface area contributed by atoms with Crippen molar-refractivity contribution >= 4 is 5.91 Å². The molecule has 1 amide bonds. The second kappa shape index (κ2) is 10.1. The number of ether oxygens (including phenoxy) is 1. The number of hydrogen-bond acceptors (Lipinski definition) is 4. The summed E-state index contributed by atoms with van der Waals surface area (Å²) in [6.07, 6.45) is 0.353. The number of benzene rings is 2. The Labute approximate surface area is 154 Å². The Bertz CT molecular complexity index is 618. The van der Waals surface area contributed by atoms with E-state index < -0.39 is 0 Å². The standard InChI is InChI=1S/C21H26N2O3/c24-21(22-26-16-13-23-11-14-25-15-12-23)17-20(18-7-3-1-4-8-18)19-9-5-2-6-10-19/h1-10,20H,11-17H2,(H,22,24). The van der Waals surface area contributed by atoms with Gasteiger partial charge in [0, 0.05) is 32.0 Å². The summed E-state index contributed by atoms with van der Waals surface area (Å²) in [7, 11) is 0. The van der Waals surface area contributed by atoms with Crippen LogP contribution in [-0.2, 0) is 14.4 Å². The van der Waals surface area contributed by atoms with Gasteiger partial charge in [0.2, 0.25) is 5.91 Å². The van der Waals surface area contributed by atoms with Crippen LogP contribution in [0, 0.1) is 0 Å². The van der Waals surface area contributed by atoms with Crippen LogP contribution in [0.3, 0.4) is 0 Å². The number of nitrogens with zero attached hydrogens (tertiary/aromatic N) is 1. The predicted octanol–water partition coefficient (Wildman–Crippen LogP) is 2.59. The van der Waals surface area contributed by atoms with E-state index in [2.05, 4.69) is 34.6 Å². The van der Waals surface area contributed by atoms with Gasteiger partial charge < -0.3 is 4.74 Å². The van der Waals surface area contributed by atoms with E-state index in [9.17, 15) is 4.79 Å². The van der Waals surface area contributed by atoms with E-state index in [0.29, 0.717) is 13.0 Å². The topological polar surface area (TPSA) is 50.8 Å². The molecule has 0 bridgehead atoms. The quantitative estimate of drug-likeness (QED) is 0.585. The fourth-order valence-corrected chi connectivity index (χ4v) is 3.16. The summed E-state index contributed by atoms with van der Waals surface area (Å²) in [5, 5.41) is 0. The maximum absolute atomic E-state index is 12.4. The Morgan fingerprint density at radius 2 is 1.58 bits per heavy atom. The number of carbonyl (C=O) groups is 1. The van der Waals surface area contributed by atoms with Crippen LogP contribution in [0.4, 0.5) is 0 Å². The normalized spacial score (nSPS) is 15.1. The highest BCUT2D eigenvalue weighted by molar-refractivity contribution is 5.76. The zero-order valence-electron chi connectivity index (χ0n) is 15.0. The minimum Gasteiger partial charge on any atom is -0.379 e. The molecular weight excluding hydrogens is 328 g/mol. The summed E-state index contributed by atoms with van der Waals surface area (Å²) >= 11 is 0. The number of hydrogen-bond donors (Lipinski definition) is 1. The van der Waals surface area contributed by atoms with Crippen molar-refractivity contribution < 1.29 is 14.4 Å². The van der Waals surface area contributed by atoms with Crippen molar-refractivity contribution in [3.05, 3.63) is 71.8 Å². The molecule has 2 aromatic carbocycles. The number of morpholine rings is 1. The molecule has 0 radical (unpaired) electrons. The number of carbonyl (C=O) groups excluding carboxylic acids is 1. The zero-order valence-corrected chi connectivity index (χ0v) is 15.0. The summed E-state index contributed by atoms with van der Waals surface area (Å²) in [6, 6.07) is 20.2. The first-order valence-electron chi connectivity index (χ1n) is 9.13. The van der Waals surface area contributed by atoms with Crippen molar-refractivity contribution in [3.8, 4) is 0 Å². The van der Waals surface area contributed by atoms with E-state index in [1.54, 1.807) is 0 Å². The Kier molecular flexibility index (Phi) is 7.19. The first-order valence-corrected chi connectivity index (χ1v) is 9.13. The van der Waals surface area contributed by atoms with Gasteiger partial charge in [-0.2, -0.15) is 0 Å². The molecule has 1 aliphatic rings. The number of amides is 1. The van der Waals surface area contributed by atoms with Crippen LogP contribution in [0.5, 0.6) is 0 Å². The molecule has 0 spiro atoms. The van der Waals surface area contributed by atoms with Gasteiger partial charge in [0.05, 0.1) is 19.8 Å². The zero-order chi connectivity index (χ0) is 18.0. The van der Waals surface area contributed by atoms with Crippen LogP contribution in [-0.4, -0.2) is 50.3 Å². The van der Waals surface area contributed by atoms with Gasteiger partial charge in [-0.05, 0) is 11.1 Å². The monoisotopic (exact) mass is 354 g/mol. The Morgan fingerprint density at radius 3 is 2.15 bits per heavy atom. The third kappa shape index (κ3) is 5.66. The lowest BCUT2D eigenvalue weighted by molar-refractivity contribution is -0.134. The molecule has 2 aromatic rings. The van der Waals surface area contributed by atoms with Crippen LogP contribution >= 0.6 is 0 Å². The summed E-state index contributed by atoms with van der Waals surface area (Å²) in [5.41, 5.74) is 4.85. The van der Waals surface area contributed by atoms with E-state index in [-0.39, 0.29) is 11.8 Å². The Balaban J connectivity index is 1.51. The van der Waals surface area contributed by atoms with E-state index in [1.807, 2.05) is 36.4 Å². The van der Waals surface area contributed by atoms with Gasteiger partial charge in [0.15, 0.2) is 0 Å². The molecular formula is C21H26N2O3. The van der Waals surface area contributed by atoms with Gasteiger partial charge in [0.1, 0.15) is 0 Å². The fraction of sp³-hybridized carbons (Fsp3) is 0.381. The van der Waals surface area contributed by atoms with Crippen molar-refractivity contribution in [3.63, 3.8) is 0 Å². The fourth-order valence-electron chi connectivity index (χ4n) is 3.16. The molecule has 1 fully saturated rings. The molecule has 0 saturated carbocycles. The number of nitrogens with one attached hydrogen (secondary N) is 1. The number of rotatable bonds is 8. The minimum atomic E-state index is -0.107. The molecule has 1 N–H and O–H groups in total. The first kappa shape index (κ1) is 18.6. The minimum absolute atomic E-state index is 0.0141. The Hall–Kier alpha value is -2.21. The second-order valence-corrected chi connectivity index (χ2v) is 6.41. The van der Waals surface area contributed by atoms with Crippen LogP contribution in [0.15, 0.2) is 60.7 Å². The summed E-state index contributed by atoms with van der Waals surface area (Å²) in [6.45, 7) is 4.64. The lowest BCUT2D eigenvalue weighted by atomic mass is 9.88. The summed E-state index contributed by atoms with van der Waals surface area (Å²) in [4.78, 5) is 20.0. The third-order valence-corrected chi connectivity index (χ3v) is 4.59. The van der Waals surface area contributed by atoms with Crippen LogP contribution in [0.1, 0.15) is 23.5 Å². The maximum atomic E-state index is 12.4. The smallest absolute Gasteiger partial charge is 0.244 e. The van der Waals surface area contributed by atoms with Crippen molar-refractivity contribution in [2.24, 2.45) is 0 Å². The van der Waals surface area contributed by atoms with Gasteiger partial charge >= 0.3 is 0 Å². The van der Waals surface area contributed by atoms with Gasteiger partial charge in [0.25, 0.3) is 0 Å². The second-order valence-electron chi connectivity index (χ2n) is 6.41. The van der Waals surface area contributed by atoms with Gasteiger partial charge in [-0.1, -0.05) is 60.7 Å². The number of hydroxylamine groups is 1. The molecule has 5 heteroatoms. The summed E-state index contributed by atoms with van der Waals surface area (Å²) in [5.74, 6) is -0.0927. The molecule has 26 heavy (non-hydrogen) atoms. The largest absolute Gasteiger partial charge is 0.379 e. The average Bonchev–Trinajstić information content (AvgIpc) is 2.71. The van der Waals surface area contributed by atoms with E-state index in [4.69, 9.17) is 9.57 Å². The average molecular weight is 354 g/mol. The van der Waals surface area contributed by atoms with Crippen molar-refractivity contribution in [1.29, 1.82) is 0 Å². The third-order valence-electron chi connectivity index (χ3n) is 4.59. The van der Waals surface area contributed by atoms with Crippen molar-refractivity contribution in [2.45, 2.75) is 12.3 Å². The maximum Gasteiger partial charge on any atom is 0.244 e. The van der Waals surface area contributed by atoms with E-state index in [0.717, 1.165) is 44.0 Å². The molecule has 5 nitrogen and oxygen atoms in total. The van der Waals surface area contributed by atoms with Crippen LogP contribution in [0.2, 0.25) is 0 Å². The van der Waals surface area contributed by atoms with Gasteiger partial charge in [-0.15, -0.1) is 0 Å². The van der Waals surface area contributed by atoms with Crippen LogP contribution in [0.25, 0.3) is 0 Å². The highest BCUT2D eigenvalue weighted by Gasteiger charge is 2.18. The SMILES string of the molecule is O=C(CC(c1ccccc1)c1ccccc1)NOCCN1CCOCC1.